The zero-order chi connectivity index (χ0) is 11.6. The number of carboxylic acid groups (broad SMARTS) is 2. The fraction of sp³-hybridized carbons (Fsp3) is 0.600. The largest absolute Gasteiger partial charge is 0.481 e. The fourth-order valence-electron chi connectivity index (χ4n) is 2.06. The van der Waals surface area contributed by atoms with Crippen molar-refractivity contribution in [3.05, 3.63) is 12.2 Å². The van der Waals surface area contributed by atoms with E-state index in [1.807, 2.05) is 0 Å². The quantitative estimate of drug-likeness (QED) is 0.586. The number of rotatable bonds is 4. The van der Waals surface area contributed by atoms with Gasteiger partial charge < -0.3 is 15.5 Å². The number of nitrogens with one attached hydrogen (secondary N) is 1. The summed E-state index contributed by atoms with van der Waals surface area (Å²) >= 11 is 0. The molecule has 0 unspecified atom stereocenters. The highest BCUT2D eigenvalue weighted by Crippen LogP contribution is 2.30. The first-order valence-corrected chi connectivity index (χ1v) is 4.77. The van der Waals surface area contributed by atoms with Crippen molar-refractivity contribution in [1.29, 1.82) is 0 Å². The molecular weight excluding hydrogens is 198 g/mol. The van der Waals surface area contributed by atoms with Gasteiger partial charge in [0.05, 0.1) is 6.42 Å². The third-order valence-corrected chi connectivity index (χ3v) is 2.81. The van der Waals surface area contributed by atoms with Crippen LogP contribution in [0.5, 0.6) is 0 Å². The van der Waals surface area contributed by atoms with Gasteiger partial charge in [-0.2, -0.15) is 0 Å². The molecule has 1 aliphatic rings. The maximum atomic E-state index is 10.9. The Kier molecular flexibility index (Phi) is 3.47. The van der Waals surface area contributed by atoms with E-state index < -0.39 is 23.9 Å². The van der Waals surface area contributed by atoms with Gasteiger partial charge in [-0.3, -0.25) is 9.59 Å². The van der Waals surface area contributed by atoms with Crippen molar-refractivity contribution in [2.45, 2.75) is 19.4 Å². The van der Waals surface area contributed by atoms with E-state index >= 15 is 0 Å². The Balaban J connectivity index is 2.82. The van der Waals surface area contributed by atoms with Gasteiger partial charge in [-0.25, -0.2) is 0 Å². The standard InChI is InChI=1S/C10H15NO4/c1-5(2)7-4-11-9(10(14)15)6(7)3-8(12)13/h6-7,9,11H,1,3-4H2,2H3,(H,12,13)(H,14,15)/t6-,7+,9+/m1/s1. The van der Waals surface area contributed by atoms with E-state index in [4.69, 9.17) is 10.2 Å². The highest BCUT2D eigenvalue weighted by atomic mass is 16.4. The highest BCUT2D eigenvalue weighted by Gasteiger charge is 2.41. The molecule has 0 aromatic carbocycles. The monoisotopic (exact) mass is 213 g/mol. The van der Waals surface area contributed by atoms with Gasteiger partial charge in [0.2, 0.25) is 0 Å². The van der Waals surface area contributed by atoms with Crippen LogP contribution in [0.4, 0.5) is 0 Å². The summed E-state index contributed by atoms with van der Waals surface area (Å²) in [5.41, 5.74) is 0.831. The molecular formula is C10H15NO4. The minimum atomic E-state index is -0.995. The van der Waals surface area contributed by atoms with Gasteiger partial charge in [-0.05, 0) is 12.8 Å². The molecule has 1 saturated heterocycles. The van der Waals surface area contributed by atoms with E-state index in [2.05, 4.69) is 11.9 Å². The van der Waals surface area contributed by atoms with Gasteiger partial charge in [0.25, 0.3) is 0 Å². The summed E-state index contributed by atoms with van der Waals surface area (Å²) in [6.07, 6.45) is -0.137. The molecule has 0 bridgehead atoms. The molecule has 0 spiro atoms. The third kappa shape index (κ3) is 2.56. The zero-order valence-electron chi connectivity index (χ0n) is 8.56. The second kappa shape index (κ2) is 4.44. The van der Waals surface area contributed by atoms with Crippen molar-refractivity contribution < 1.29 is 19.8 Å². The summed E-state index contributed by atoms with van der Waals surface area (Å²) in [6, 6.07) is -0.775. The molecule has 0 aromatic heterocycles. The fourth-order valence-corrected chi connectivity index (χ4v) is 2.06. The minimum Gasteiger partial charge on any atom is -0.481 e. The Hall–Kier alpha value is -1.36. The number of hydrogen-bond donors (Lipinski definition) is 3. The first kappa shape index (κ1) is 11.7. The van der Waals surface area contributed by atoms with Crippen molar-refractivity contribution in [3.63, 3.8) is 0 Å². The lowest BCUT2D eigenvalue weighted by molar-refractivity contribution is -0.142. The smallest absolute Gasteiger partial charge is 0.321 e. The normalized spacial score (nSPS) is 30.1. The first-order valence-electron chi connectivity index (χ1n) is 4.77. The lowest BCUT2D eigenvalue weighted by atomic mass is 9.84. The summed E-state index contributed by atoms with van der Waals surface area (Å²) in [5.74, 6) is -2.44. The van der Waals surface area contributed by atoms with Crippen LogP contribution in [-0.4, -0.2) is 34.7 Å². The maximum Gasteiger partial charge on any atom is 0.321 e. The molecule has 3 atom stereocenters. The van der Waals surface area contributed by atoms with Gasteiger partial charge in [0, 0.05) is 12.5 Å². The summed E-state index contributed by atoms with van der Waals surface area (Å²) < 4.78 is 0. The van der Waals surface area contributed by atoms with Crippen LogP contribution in [0.25, 0.3) is 0 Å². The first-order chi connectivity index (χ1) is 6.93. The molecule has 1 heterocycles. The van der Waals surface area contributed by atoms with Crippen LogP contribution in [0.1, 0.15) is 13.3 Å². The summed E-state index contributed by atoms with van der Waals surface area (Å²) in [4.78, 5) is 21.5. The molecule has 1 rings (SSSR count). The molecule has 0 aliphatic carbocycles. The number of aliphatic carboxylic acids is 2. The van der Waals surface area contributed by atoms with Crippen LogP contribution in [0.15, 0.2) is 12.2 Å². The van der Waals surface area contributed by atoms with Crippen LogP contribution < -0.4 is 5.32 Å². The number of hydrogen-bond acceptors (Lipinski definition) is 3. The van der Waals surface area contributed by atoms with Crippen LogP contribution in [0.2, 0.25) is 0 Å². The lowest BCUT2D eigenvalue weighted by Crippen LogP contribution is -2.36. The van der Waals surface area contributed by atoms with Gasteiger partial charge in [0.15, 0.2) is 0 Å². The highest BCUT2D eigenvalue weighted by molar-refractivity contribution is 5.76. The summed E-state index contributed by atoms with van der Waals surface area (Å²) in [5, 5.41) is 20.5. The molecule has 5 nitrogen and oxygen atoms in total. The van der Waals surface area contributed by atoms with Crippen LogP contribution in [0, 0.1) is 11.8 Å². The van der Waals surface area contributed by atoms with Gasteiger partial charge >= 0.3 is 11.9 Å². The van der Waals surface area contributed by atoms with E-state index in [1.54, 1.807) is 6.92 Å². The van der Waals surface area contributed by atoms with Crippen LogP contribution >= 0.6 is 0 Å². The molecule has 1 fully saturated rings. The summed E-state index contributed by atoms with van der Waals surface area (Å²) in [6.45, 7) is 6.05. The van der Waals surface area contributed by atoms with E-state index in [-0.39, 0.29) is 12.3 Å². The van der Waals surface area contributed by atoms with Crippen LogP contribution in [0.3, 0.4) is 0 Å². The molecule has 0 saturated carbocycles. The van der Waals surface area contributed by atoms with E-state index in [9.17, 15) is 9.59 Å². The van der Waals surface area contributed by atoms with Crippen molar-refractivity contribution in [2.24, 2.45) is 11.8 Å². The molecule has 5 heteroatoms. The Bertz CT molecular complexity index is 278. The Morgan fingerprint density at radius 1 is 1.47 bits per heavy atom. The topological polar surface area (TPSA) is 86.6 Å². The minimum absolute atomic E-state index is 0.0674. The lowest BCUT2D eigenvalue weighted by Gasteiger charge is -2.19. The SMILES string of the molecule is C=C(C)[C@@H]1CN[C@H](C(=O)O)[C@@H]1CC(=O)O. The van der Waals surface area contributed by atoms with Crippen LogP contribution in [-0.2, 0) is 9.59 Å². The van der Waals surface area contributed by atoms with E-state index in [1.165, 1.54) is 0 Å². The molecule has 0 radical (unpaired) electrons. The van der Waals surface area contributed by atoms with Gasteiger partial charge in [-0.1, -0.05) is 12.2 Å². The van der Waals surface area contributed by atoms with Crippen molar-refractivity contribution in [1.82, 2.24) is 5.32 Å². The second-order valence-corrected chi connectivity index (χ2v) is 3.94. The Labute approximate surface area is 87.8 Å². The molecule has 3 N–H and O–H groups in total. The Morgan fingerprint density at radius 3 is 2.47 bits per heavy atom. The van der Waals surface area contributed by atoms with E-state index in [0.29, 0.717) is 6.54 Å². The average Bonchev–Trinajstić information content (AvgIpc) is 2.46. The van der Waals surface area contributed by atoms with Gasteiger partial charge in [-0.15, -0.1) is 0 Å². The van der Waals surface area contributed by atoms with Crippen molar-refractivity contribution in [3.8, 4) is 0 Å². The maximum absolute atomic E-state index is 10.9. The summed E-state index contributed by atoms with van der Waals surface area (Å²) in [7, 11) is 0. The van der Waals surface area contributed by atoms with E-state index in [0.717, 1.165) is 5.57 Å². The number of carboxylic acids is 2. The predicted octanol–water partition coefficient (Wildman–Crippen LogP) is 0.326. The van der Waals surface area contributed by atoms with Crippen molar-refractivity contribution >= 4 is 11.9 Å². The van der Waals surface area contributed by atoms with Gasteiger partial charge in [0.1, 0.15) is 6.04 Å². The molecule has 1 aliphatic heterocycles. The zero-order valence-corrected chi connectivity index (χ0v) is 8.56. The second-order valence-electron chi connectivity index (χ2n) is 3.94. The predicted molar refractivity (Wildman–Crippen MR) is 53.5 cm³/mol. The Morgan fingerprint density at radius 2 is 2.07 bits per heavy atom. The molecule has 0 aromatic rings. The molecule has 84 valence electrons. The number of carbonyl (C=O) groups is 2. The average molecular weight is 213 g/mol. The molecule has 15 heavy (non-hydrogen) atoms. The molecule has 0 amide bonds. The van der Waals surface area contributed by atoms with Crippen molar-refractivity contribution in [2.75, 3.05) is 6.54 Å². The third-order valence-electron chi connectivity index (χ3n) is 2.81.